The Balaban J connectivity index is 1.77. The van der Waals surface area contributed by atoms with Crippen molar-refractivity contribution in [3.63, 3.8) is 0 Å². The van der Waals surface area contributed by atoms with Crippen LogP contribution < -0.4 is 20.1 Å². The van der Waals surface area contributed by atoms with Gasteiger partial charge in [0.1, 0.15) is 0 Å². The zero-order valence-corrected chi connectivity index (χ0v) is 19.6. The summed E-state index contributed by atoms with van der Waals surface area (Å²) in [6.45, 7) is 0. The fourth-order valence-electron chi connectivity index (χ4n) is 3.81. The second-order valence-corrected chi connectivity index (χ2v) is 8.11. The molecule has 2 amide bonds. The first-order chi connectivity index (χ1) is 16.4. The molecule has 0 fully saturated rings. The molecule has 0 radical (unpaired) electrons. The Bertz CT molecular complexity index is 1250. The largest absolute Gasteiger partial charge is 0.493 e. The van der Waals surface area contributed by atoms with Crippen LogP contribution in [-0.4, -0.2) is 45.0 Å². The average molecular weight is 458 g/mol. The number of amides is 2. The molecular formula is C27H27N3O4. The van der Waals surface area contributed by atoms with Crippen molar-refractivity contribution in [2.75, 3.05) is 38.9 Å². The average Bonchev–Trinajstić information content (AvgIpc) is 3.17. The Labute approximate surface area is 199 Å². The number of rotatable bonds is 7. The molecule has 0 aliphatic carbocycles. The molecule has 174 valence electrons. The quantitative estimate of drug-likeness (QED) is 0.518. The molecule has 1 aliphatic rings. The number of benzene rings is 3. The number of ether oxygens (including phenoxy) is 2. The SMILES string of the molecule is COc1cc2c(cc1OC)C(=C(Nc1ccc(CC(=O)N(C)C)cc1)c1ccccc1)C(=O)N2. The Morgan fingerprint density at radius 2 is 1.59 bits per heavy atom. The lowest BCUT2D eigenvalue weighted by Gasteiger charge is -2.16. The van der Waals surface area contributed by atoms with Crippen molar-refractivity contribution in [3.05, 3.63) is 83.4 Å². The highest BCUT2D eigenvalue weighted by Crippen LogP contribution is 2.43. The molecule has 0 bridgehead atoms. The van der Waals surface area contributed by atoms with Crippen LogP contribution in [0.4, 0.5) is 11.4 Å². The molecule has 0 spiro atoms. The predicted molar refractivity (Wildman–Crippen MR) is 134 cm³/mol. The van der Waals surface area contributed by atoms with Crippen LogP contribution in [0.25, 0.3) is 11.3 Å². The van der Waals surface area contributed by atoms with Crippen LogP contribution in [0.15, 0.2) is 66.7 Å². The molecule has 7 nitrogen and oxygen atoms in total. The molecule has 3 aromatic carbocycles. The van der Waals surface area contributed by atoms with Crippen molar-refractivity contribution in [2.45, 2.75) is 6.42 Å². The Morgan fingerprint density at radius 3 is 2.21 bits per heavy atom. The summed E-state index contributed by atoms with van der Waals surface area (Å²) in [6.07, 6.45) is 0.331. The van der Waals surface area contributed by atoms with E-state index >= 15 is 0 Å². The number of carbonyl (C=O) groups excluding carboxylic acids is 2. The maximum atomic E-state index is 13.1. The normalized spacial score (nSPS) is 13.6. The number of nitrogens with one attached hydrogen (secondary N) is 2. The van der Waals surface area contributed by atoms with Gasteiger partial charge in [0.15, 0.2) is 11.5 Å². The Hall–Kier alpha value is -4.26. The van der Waals surface area contributed by atoms with Crippen molar-refractivity contribution in [3.8, 4) is 11.5 Å². The number of anilines is 2. The van der Waals surface area contributed by atoms with Gasteiger partial charge in [0.25, 0.3) is 5.91 Å². The standard InChI is InChI=1S/C27H27N3O4/c1-30(2)24(31)14-17-10-12-19(13-11-17)28-26(18-8-6-5-7-9-18)25-20-15-22(33-3)23(34-4)16-21(20)29-27(25)32/h5-13,15-16,28H,14H2,1-4H3,(H,29,32). The lowest BCUT2D eigenvalue weighted by molar-refractivity contribution is -0.128. The number of nitrogens with zero attached hydrogens (tertiary/aromatic N) is 1. The van der Waals surface area contributed by atoms with Crippen LogP contribution in [0.5, 0.6) is 11.5 Å². The molecule has 1 aliphatic heterocycles. The van der Waals surface area contributed by atoms with Gasteiger partial charge in [-0.1, -0.05) is 42.5 Å². The van der Waals surface area contributed by atoms with E-state index in [4.69, 9.17) is 9.47 Å². The van der Waals surface area contributed by atoms with Crippen LogP contribution in [0.2, 0.25) is 0 Å². The van der Waals surface area contributed by atoms with Crippen molar-refractivity contribution < 1.29 is 19.1 Å². The van der Waals surface area contributed by atoms with Crippen molar-refractivity contribution in [1.82, 2.24) is 4.90 Å². The third kappa shape index (κ3) is 4.59. The number of hydrogen-bond donors (Lipinski definition) is 2. The lowest BCUT2D eigenvalue weighted by atomic mass is 9.99. The van der Waals surface area contributed by atoms with E-state index in [1.54, 1.807) is 39.3 Å². The van der Waals surface area contributed by atoms with Crippen molar-refractivity contribution in [1.29, 1.82) is 0 Å². The summed E-state index contributed by atoms with van der Waals surface area (Å²) in [5.74, 6) is 0.902. The van der Waals surface area contributed by atoms with Crippen molar-refractivity contribution in [2.24, 2.45) is 0 Å². The number of fused-ring (bicyclic) bond motifs is 1. The summed E-state index contributed by atoms with van der Waals surface area (Å²) in [4.78, 5) is 26.7. The number of methoxy groups -OCH3 is 2. The van der Waals surface area contributed by atoms with Crippen molar-refractivity contribution >= 4 is 34.5 Å². The highest BCUT2D eigenvalue weighted by Gasteiger charge is 2.30. The highest BCUT2D eigenvalue weighted by molar-refractivity contribution is 6.37. The molecule has 7 heteroatoms. The Morgan fingerprint density at radius 1 is 0.941 bits per heavy atom. The number of carbonyl (C=O) groups is 2. The molecule has 34 heavy (non-hydrogen) atoms. The summed E-state index contributed by atoms with van der Waals surface area (Å²) in [7, 11) is 6.61. The smallest absolute Gasteiger partial charge is 0.258 e. The fourth-order valence-corrected chi connectivity index (χ4v) is 3.81. The van der Waals surface area contributed by atoms with E-state index in [1.807, 2.05) is 60.7 Å². The maximum absolute atomic E-state index is 13.1. The summed E-state index contributed by atoms with van der Waals surface area (Å²) in [6, 6.07) is 20.9. The van der Waals surface area contributed by atoms with E-state index in [9.17, 15) is 9.59 Å². The minimum absolute atomic E-state index is 0.0383. The molecule has 4 rings (SSSR count). The van der Waals surface area contributed by atoms with E-state index in [1.165, 1.54) is 0 Å². The van der Waals surface area contributed by atoms with Gasteiger partial charge in [-0.2, -0.15) is 0 Å². The lowest BCUT2D eigenvalue weighted by Crippen LogP contribution is -2.23. The number of likely N-dealkylation sites (N-methyl/N-ethyl adjacent to an activating group) is 1. The van der Waals surface area contributed by atoms with Gasteiger partial charge in [-0.05, 0) is 29.3 Å². The van der Waals surface area contributed by atoms with Crippen LogP contribution in [0.1, 0.15) is 16.7 Å². The van der Waals surface area contributed by atoms with Gasteiger partial charge in [-0.15, -0.1) is 0 Å². The summed E-state index contributed by atoms with van der Waals surface area (Å²) < 4.78 is 10.9. The topological polar surface area (TPSA) is 79.9 Å². The van der Waals surface area contributed by atoms with Crippen LogP contribution >= 0.6 is 0 Å². The zero-order chi connectivity index (χ0) is 24.2. The molecular weight excluding hydrogens is 430 g/mol. The van der Waals surface area contributed by atoms with E-state index in [0.717, 1.165) is 22.4 Å². The first kappa shape index (κ1) is 22.9. The second-order valence-electron chi connectivity index (χ2n) is 8.11. The zero-order valence-electron chi connectivity index (χ0n) is 19.6. The number of hydrogen-bond acceptors (Lipinski definition) is 5. The van der Waals surface area contributed by atoms with E-state index < -0.39 is 0 Å². The second kappa shape index (κ2) is 9.70. The molecule has 1 heterocycles. The first-order valence-electron chi connectivity index (χ1n) is 10.8. The third-order valence-electron chi connectivity index (χ3n) is 5.66. The van der Waals surface area contributed by atoms with Gasteiger partial charge in [-0.3, -0.25) is 9.59 Å². The van der Waals surface area contributed by atoms with E-state index in [-0.39, 0.29) is 11.8 Å². The monoisotopic (exact) mass is 457 g/mol. The first-order valence-corrected chi connectivity index (χ1v) is 10.8. The molecule has 3 aromatic rings. The molecule has 0 saturated heterocycles. The molecule has 2 N–H and O–H groups in total. The van der Waals surface area contributed by atoms with Gasteiger partial charge < -0.3 is 25.0 Å². The van der Waals surface area contributed by atoms with Crippen LogP contribution in [-0.2, 0) is 16.0 Å². The van der Waals surface area contributed by atoms with Crippen LogP contribution in [0.3, 0.4) is 0 Å². The Kier molecular flexibility index (Phi) is 6.54. The highest BCUT2D eigenvalue weighted by atomic mass is 16.5. The molecule has 0 aromatic heterocycles. The van der Waals surface area contributed by atoms with E-state index in [0.29, 0.717) is 34.9 Å². The molecule has 0 atom stereocenters. The summed E-state index contributed by atoms with van der Waals surface area (Å²) >= 11 is 0. The van der Waals surface area contributed by atoms with Gasteiger partial charge in [0.2, 0.25) is 5.91 Å². The van der Waals surface area contributed by atoms with Gasteiger partial charge in [-0.25, -0.2) is 0 Å². The van der Waals surface area contributed by atoms with Gasteiger partial charge in [0, 0.05) is 31.4 Å². The molecule has 0 unspecified atom stereocenters. The minimum Gasteiger partial charge on any atom is -0.493 e. The van der Waals surface area contributed by atoms with E-state index in [2.05, 4.69) is 10.6 Å². The van der Waals surface area contributed by atoms with Gasteiger partial charge >= 0.3 is 0 Å². The summed E-state index contributed by atoms with van der Waals surface area (Å²) in [5.41, 5.74) is 5.14. The maximum Gasteiger partial charge on any atom is 0.258 e. The fraction of sp³-hybridized carbons (Fsp3) is 0.185. The predicted octanol–water partition coefficient (Wildman–Crippen LogP) is 4.27. The van der Waals surface area contributed by atoms with Gasteiger partial charge in [0.05, 0.1) is 37.6 Å². The molecule has 0 saturated carbocycles. The minimum atomic E-state index is -0.218. The third-order valence-corrected chi connectivity index (χ3v) is 5.66. The van der Waals surface area contributed by atoms with Crippen LogP contribution in [0, 0.1) is 0 Å². The summed E-state index contributed by atoms with van der Waals surface area (Å²) in [5, 5.41) is 6.37.